The van der Waals surface area contributed by atoms with Crippen LogP contribution in [0.25, 0.3) is 6.08 Å². The summed E-state index contributed by atoms with van der Waals surface area (Å²) in [5.41, 5.74) is 2.64. The van der Waals surface area contributed by atoms with Gasteiger partial charge >= 0.3 is 0 Å². The van der Waals surface area contributed by atoms with E-state index in [-0.39, 0.29) is 0 Å². The van der Waals surface area contributed by atoms with Crippen molar-refractivity contribution in [1.82, 2.24) is 0 Å². The molecule has 1 aromatic rings. The Morgan fingerprint density at radius 1 is 1.19 bits per heavy atom. The molecule has 0 amide bonds. The predicted molar refractivity (Wildman–Crippen MR) is 74.4 cm³/mol. The van der Waals surface area contributed by atoms with Crippen LogP contribution in [0.1, 0.15) is 24.8 Å². The fourth-order valence-corrected chi connectivity index (χ4v) is 2.22. The normalized spacial score (nSPS) is 19.1. The van der Waals surface area contributed by atoms with E-state index in [0.717, 1.165) is 0 Å². The van der Waals surface area contributed by atoms with Crippen molar-refractivity contribution >= 4 is 22.0 Å². The molecule has 16 heavy (non-hydrogen) atoms. The van der Waals surface area contributed by atoms with E-state index in [2.05, 4.69) is 64.5 Å². The molecule has 0 fully saturated rings. The lowest BCUT2D eigenvalue weighted by atomic mass is 10.0. The smallest absolute Gasteiger partial charge is 0.0207 e. The van der Waals surface area contributed by atoms with Crippen LogP contribution < -0.4 is 0 Å². The van der Waals surface area contributed by atoms with Gasteiger partial charge < -0.3 is 0 Å². The Morgan fingerprint density at radius 3 is 2.69 bits per heavy atom. The summed E-state index contributed by atoms with van der Waals surface area (Å²) < 4.78 is 1.20. The van der Waals surface area contributed by atoms with Gasteiger partial charge in [0.15, 0.2) is 0 Å². The van der Waals surface area contributed by atoms with Gasteiger partial charge in [-0.25, -0.2) is 0 Å². The largest absolute Gasteiger partial charge is 0.0842 e. The first-order valence-corrected chi connectivity index (χ1v) is 6.44. The third-order valence-electron chi connectivity index (χ3n) is 2.66. The van der Waals surface area contributed by atoms with Crippen LogP contribution in [0.3, 0.4) is 0 Å². The summed E-state index contributed by atoms with van der Waals surface area (Å²) in [6.45, 7) is 0. The number of hydrogen-bond donors (Lipinski definition) is 0. The van der Waals surface area contributed by atoms with Crippen LogP contribution in [0, 0.1) is 0 Å². The summed E-state index contributed by atoms with van der Waals surface area (Å²) >= 11 is 3.64. The molecular formula is C15H15Br. The minimum atomic E-state index is 1.18. The minimum Gasteiger partial charge on any atom is -0.0842 e. The lowest BCUT2D eigenvalue weighted by Gasteiger charge is -2.08. The first kappa shape index (κ1) is 11.4. The van der Waals surface area contributed by atoms with Crippen LogP contribution >= 0.6 is 15.9 Å². The highest BCUT2D eigenvalue weighted by molar-refractivity contribution is 9.11. The molecule has 1 aliphatic rings. The highest BCUT2D eigenvalue weighted by atomic mass is 79.9. The molecule has 0 aliphatic heterocycles. The number of halogens is 1. The molecule has 0 bridgehead atoms. The van der Waals surface area contributed by atoms with Gasteiger partial charge in [0.1, 0.15) is 0 Å². The Bertz CT molecular complexity index is 424. The van der Waals surface area contributed by atoms with Gasteiger partial charge in [-0.3, -0.25) is 0 Å². The third kappa shape index (κ3) is 3.21. The molecule has 0 radical (unpaired) electrons. The molecule has 1 aromatic carbocycles. The van der Waals surface area contributed by atoms with Crippen LogP contribution in [0.4, 0.5) is 0 Å². The molecule has 82 valence electrons. The van der Waals surface area contributed by atoms with Gasteiger partial charge in [-0.1, -0.05) is 64.5 Å². The molecule has 0 unspecified atom stereocenters. The van der Waals surface area contributed by atoms with Gasteiger partial charge in [0, 0.05) is 4.48 Å². The lowest BCUT2D eigenvalue weighted by molar-refractivity contribution is 0.820. The molecule has 2 rings (SSSR count). The standard InChI is InChI=1S/C15H15Br/c16-15(14-9-5-2-6-10-14)12-11-13-7-3-1-4-8-13/h1,3-5,7-9,11-12H,2,6,10H2/b12-11+,15-14-. The molecule has 1 aliphatic carbocycles. The number of benzene rings is 1. The van der Waals surface area contributed by atoms with Gasteiger partial charge in [-0.15, -0.1) is 0 Å². The number of hydrogen-bond acceptors (Lipinski definition) is 0. The molecule has 0 aromatic heterocycles. The molecule has 0 saturated carbocycles. The van der Waals surface area contributed by atoms with Crippen molar-refractivity contribution in [1.29, 1.82) is 0 Å². The van der Waals surface area contributed by atoms with Gasteiger partial charge in [-0.2, -0.15) is 0 Å². The zero-order chi connectivity index (χ0) is 11.2. The summed E-state index contributed by atoms with van der Waals surface area (Å²) in [5, 5.41) is 0. The monoisotopic (exact) mass is 274 g/mol. The Balaban J connectivity index is 2.12. The van der Waals surface area contributed by atoms with E-state index >= 15 is 0 Å². The lowest BCUT2D eigenvalue weighted by Crippen LogP contribution is -1.87. The number of allylic oxidation sites excluding steroid dienone is 5. The Morgan fingerprint density at radius 2 is 2.00 bits per heavy atom. The van der Waals surface area contributed by atoms with E-state index in [0.29, 0.717) is 0 Å². The predicted octanol–water partition coefficient (Wildman–Crippen LogP) is 5.09. The summed E-state index contributed by atoms with van der Waals surface area (Å²) in [6.07, 6.45) is 12.4. The average molecular weight is 275 g/mol. The van der Waals surface area contributed by atoms with Crippen molar-refractivity contribution in [3.8, 4) is 0 Å². The van der Waals surface area contributed by atoms with Gasteiger partial charge in [0.25, 0.3) is 0 Å². The SMILES string of the molecule is BrC(/C=C/c1ccccc1)=C1/C=CCCC1. The van der Waals surface area contributed by atoms with E-state index in [1.807, 2.05) is 6.07 Å². The molecule has 0 spiro atoms. The van der Waals surface area contributed by atoms with E-state index in [1.165, 1.54) is 34.9 Å². The van der Waals surface area contributed by atoms with Gasteiger partial charge in [0.2, 0.25) is 0 Å². The second-order valence-corrected chi connectivity index (χ2v) is 4.77. The fraction of sp³-hybridized carbons (Fsp3) is 0.200. The summed E-state index contributed by atoms with van der Waals surface area (Å²) in [5.74, 6) is 0. The molecule has 0 heterocycles. The van der Waals surface area contributed by atoms with Crippen LogP contribution in [0.2, 0.25) is 0 Å². The maximum atomic E-state index is 3.64. The van der Waals surface area contributed by atoms with Crippen molar-refractivity contribution in [2.24, 2.45) is 0 Å². The molecule has 1 heteroatoms. The van der Waals surface area contributed by atoms with E-state index < -0.39 is 0 Å². The maximum Gasteiger partial charge on any atom is 0.0207 e. The van der Waals surface area contributed by atoms with Crippen LogP contribution in [0.5, 0.6) is 0 Å². The second kappa shape index (κ2) is 5.86. The number of rotatable bonds is 2. The molecular weight excluding hydrogens is 260 g/mol. The topological polar surface area (TPSA) is 0 Å². The van der Waals surface area contributed by atoms with Crippen LogP contribution in [-0.4, -0.2) is 0 Å². The highest BCUT2D eigenvalue weighted by Crippen LogP contribution is 2.24. The highest BCUT2D eigenvalue weighted by Gasteiger charge is 2.02. The quantitative estimate of drug-likeness (QED) is 0.705. The van der Waals surface area contributed by atoms with E-state index in [1.54, 1.807) is 0 Å². The first-order valence-electron chi connectivity index (χ1n) is 5.64. The van der Waals surface area contributed by atoms with Gasteiger partial charge in [0.05, 0.1) is 0 Å². The van der Waals surface area contributed by atoms with Gasteiger partial charge in [-0.05, 0) is 36.5 Å². The van der Waals surface area contributed by atoms with Crippen molar-refractivity contribution in [2.75, 3.05) is 0 Å². The Labute approximate surface area is 106 Å². The molecule has 0 N–H and O–H groups in total. The maximum absolute atomic E-state index is 3.64. The zero-order valence-corrected chi connectivity index (χ0v) is 10.8. The second-order valence-electron chi connectivity index (χ2n) is 3.91. The zero-order valence-electron chi connectivity index (χ0n) is 9.20. The molecule has 0 atom stereocenters. The van der Waals surface area contributed by atoms with E-state index in [4.69, 9.17) is 0 Å². The van der Waals surface area contributed by atoms with E-state index in [9.17, 15) is 0 Å². The minimum absolute atomic E-state index is 1.18. The average Bonchev–Trinajstić information content (AvgIpc) is 2.38. The third-order valence-corrected chi connectivity index (χ3v) is 3.44. The molecule has 0 nitrogen and oxygen atoms in total. The summed E-state index contributed by atoms with van der Waals surface area (Å²) in [6, 6.07) is 10.4. The van der Waals surface area contributed by atoms with Crippen molar-refractivity contribution in [3.05, 3.63) is 64.2 Å². The van der Waals surface area contributed by atoms with Crippen LogP contribution in [-0.2, 0) is 0 Å². The van der Waals surface area contributed by atoms with Crippen molar-refractivity contribution in [2.45, 2.75) is 19.3 Å². The summed E-state index contributed by atoms with van der Waals surface area (Å²) in [4.78, 5) is 0. The molecule has 0 saturated heterocycles. The van der Waals surface area contributed by atoms with Crippen molar-refractivity contribution < 1.29 is 0 Å². The van der Waals surface area contributed by atoms with Crippen molar-refractivity contribution in [3.63, 3.8) is 0 Å². The Kier molecular flexibility index (Phi) is 4.17. The first-order chi connectivity index (χ1) is 7.86. The summed E-state index contributed by atoms with van der Waals surface area (Å²) in [7, 11) is 0. The fourth-order valence-electron chi connectivity index (χ4n) is 1.76. The van der Waals surface area contributed by atoms with Crippen LogP contribution in [0.15, 0.2) is 58.6 Å². The Hall–Kier alpha value is -1.08.